The molecule has 1 aromatic rings. The molecule has 0 saturated heterocycles. The van der Waals surface area contributed by atoms with Gasteiger partial charge in [0.25, 0.3) is 0 Å². The molecule has 0 aliphatic heterocycles. The maximum Gasteiger partial charge on any atom is 0.140 e. The van der Waals surface area contributed by atoms with Crippen LogP contribution in [0.3, 0.4) is 0 Å². The van der Waals surface area contributed by atoms with Gasteiger partial charge in [0.1, 0.15) is 16.1 Å². The summed E-state index contributed by atoms with van der Waals surface area (Å²) in [5, 5.41) is 0. The molecule has 0 atom stereocenters. The van der Waals surface area contributed by atoms with E-state index in [9.17, 15) is 0 Å². The summed E-state index contributed by atoms with van der Waals surface area (Å²) < 4.78 is 6.88. The first-order valence-corrected chi connectivity index (χ1v) is 8.29. The number of aromatic amines is 1. The van der Waals surface area contributed by atoms with Crippen molar-refractivity contribution >= 4 is 12.2 Å². The standard InChI is InChI=1S/C16H24N2OS/c1-3-19-16(8-6-11(2)7-9-16)15-17-13(12-4-5-12)10-14(20)18-15/h10-12H,3-9H2,1-2H3,(H,17,18,20). The number of H-pyrrole nitrogens is 1. The van der Waals surface area contributed by atoms with Crippen molar-refractivity contribution in [2.24, 2.45) is 5.92 Å². The Hall–Kier alpha value is -0.740. The van der Waals surface area contributed by atoms with E-state index < -0.39 is 0 Å². The lowest BCUT2D eigenvalue weighted by atomic mass is 9.78. The molecule has 2 fully saturated rings. The summed E-state index contributed by atoms with van der Waals surface area (Å²) >= 11 is 5.37. The van der Waals surface area contributed by atoms with Gasteiger partial charge in [-0.1, -0.05) is 19.1 Å². The zero-order chi connectivity index (χ0) is 14.2. The molecule has 20 heavy (non-hydrogen) atoms. The second-order valence-electron chi connectivity index (χ2n) is 6.41. The number of nitrogens with one attached hydrogen (secondary N) is 1. The Morgan fingerprint density at radius 2 is 2.05 bits per heavy atom. The minimum Gasteiger partial charge on any atom is -0.367 e. The summed E-state index contributed by atoms with van der Waals surface area (Å²) in [6, 6.07) is 2.03. The van der Waals surface area contributed by atoms with Crippen LogP contribution < -0.4 is 0 Å². The third-order valence-corrected chi connectivity index (χ3v) is 4.92. The highest BCUT2D eigenvalue weighted by atomic mass is 32.1. The molecule has 4 heteroatoms. The van der Waals surface area contributed by atoms with E-state index in [4.69, 9.17) is 17.0 Å². The van der Waals surface area contributed by atoms with Gasteiger partial charge in [-0.15, -0.1) is 0 Å². The van der Waals surface area contributed by atoms with E-state index in [-0.39, 0.29) is 5.60 Å². The van der Waals surface area contributed by atoms with Crippen LogP contribution in [0.2, 0.25) is 0 Å². The zero-order valence-corrected chi connectivity index (χ0v) is 13.3. The van der Waals surface area contributed by atoms with Crippen LogP contribution in [0.15, 0.2) is 6.07 Å². The van der Waals surface area contributed by atoms with Gasteiger partial charge in [0.15, 0.2) is 0 Å². The van der Waals surface area contributed by atoms with Crippen molar-refractivity contribution < 1.29 is 4.74 Å². The second-order valence-corrected chi connectivity index (χ2v) is 6.83. The quantitative estimate of drug-likeness (QED) is 0.833. The molecule has 0 amide bonds. The van der Waals surface area contributed by atoms with Crippen molar-refractivity contribution in [3.63, 3.8) is 0 Å². The number of ether oxygens (including phenoxy) is 1. The van der Waals surface area contributed by atoms with Gasteiger partial charge in [-0.25, -0.2) is 4.98 Å². The van der Waals surface area contributed by atoms with E-state index in [1.807, 2.05) is 6.07 Å². The zero-order valence-electron chi connectivity index (χ0n) is 12.4. The van der Waals surface area contributed by atoms with Crippen LogP contribution in [0.4, 0.5) is 0 Å². The third-order valence-electron chi connectivity index (χ3n) is 4.72. The molecule has 1 aromatic heterocycles. The molecule has 3 nitrogen and oxygen atoms in total. The number of rotatable bonds is 4. The molecule has 0 bridgehead atoms. The summed E-state index contributed by atoms with van der Waals surface area (Å²) in [6.45, 7) is 5.12. The number of aromatic nitrogens is 2. The van der Waals surface area contributed by atoms with Gasteiger partial charge in [-0.3, -0.25) is 0 Å². The van der Waals surface area contributed by atoms with E-state index in [2.05, 4.69) is 23.8 Å². The Balaban J connectivity index is 1.96. The van der Waals surface area contributed by atoms with Crippen LogP contribution in [0, 0.1) is 10.6 Å². The van der Waals surface area contributed by atoms with Gasteiger partial charge in [0, 0.05) is 12.3 Å². The maximum atomic E-state index is 6.17. The van der Waals surface area contributed by atoms with Crippen LogP contribution in [0.5, 0.6) is 0 Å². The lowest BCUT2D eigenvalue weighted by Gasteiger charge is -2.38. The summed E-state index contributed by atoms with van der Waals surface area (Å²) in [6.07, 6.45) is 7.05. The van der Waals surface area contributed by atoms with Crippen LogP contribution in [-0.4, -0.2) is 16.6 Å². The summed E-state index contributed by atoms with van der Waals surface area (Å²) in [4.78, 5) is 8.17. The average molecular weight is 292 g/mol. The first kappa shape index (κ1) is 14.2. The maximum absolute atomic E-state index is 6.17. The third kappa shape index (κ3) is 2.82. The molecular weight excluding hydrogens is 268 g/mol. The summed E-state index contributed by atoms with van der Waals surface area (Å²) in [5.74, 6) is 2.43. The Labute approximate surface area is 126 Å². The van der Waals surface area contributed by atoms with Crippen LogP contribution in [0.25, 0.3) is 0 Å². The second kappa shape index (κ2) is 5.57. The molecule has 0 aromatic carbocycles. The molecular formula is C16H24N2OS. The lowest BCUT2D eigenvalue weighted by molar-refractivity contribution is -0.0839. The smallest absolute Gasteiger partial charge is 0.140 e. The van der Waals surface area contributed by atoms with Gasteiger partial charge in [-0.2, -0.15) is 0 Å². The minimum absolute atomic E-state index is 0.236. The van der Waals surface area contributed by atoms with Gasteiger partial charge in [0.05, 0.1) is 0 Å². The highest BCUT2D eigenvalue weighted by molar-refractivity contribution is 7.71. The Kier molecular flexibility index (Phi) is 3.95. The van der Waals surface area contributed by atoms with E-state index in [0.717, 1.165) is 31.2 Å². The number of hydrogen-bond donors (Lipinski definition) is 1. The monoisotopic (exact) mass is 292 g/mol. The van der Waals surface area contributed by atoms with E-state index >= 15 is 0 Å². The fourth-order valence-corrected chi connectivity index (χ4v) is 3.48. The number of hydrogen-bond acceptors (Lipinski definition) is 3. The van der Waals surface area contributed by atoms with E-state index in [1.54, 1.807) is 0 Å². The van der Waals surface area contributed by atoms with E-state index in [1.165, 1.54) is 31.4 Å². The Bertz CT molecular complexity index is 528. The molecule has 110 valence electrons. The van der Waals surface area contributed by atoms with Crippen molar-refractivity contribution in [2.75, 3.05) is 6.61 Å². The first-order valence-electron chi connectivity index (χ1n) is 7.88. The fraction of sp³-hybridized carbons (Fsp3) is 0.750. The molecule has 0 spiro atoms. The number of nitrogens with zero attached hydrogens (tertiary/aromatic N) is 1. The molecule has 1 heterocycles. The fourth-order valence-electron chi connectivity index (χ4n) is 3.26. The van der Waals surface area contributed by atoms with Crippen LogP contribution in [0.1, 0.15) is 69.8 Å². The van der Waals surface area contributed by atoms with Gasteiger partial charge in [-0.05, 0) is 63.4 Å². The molecule has 2 saturated carbocycles. The van der Waals surface area contributed by atoms with Crippen molar-refractivity contribution in [1.29, 1.82) is 0 Å². The SMILES string of the molecule is CCOC1(c2nc(=S)cc(C3CC3)[nH]2)CCC(C)CC1. The first-order chi connectivity index (χ1) is 9.63. The molecule has 0 unspecified atom stereocenters. The lowest BCUT2D eigenvalue weighted by Crippen LogP contribution is -2.36. The molecule has 2 aliphatic rings. The highest BCUT2D eigenvalue weighted by Gasteiger charge is 2.39. The Morgan fingerprint density at radius 3 is 2.65 bits per heavy atom. The van der Waals surface area contributed by atoms with Crippen LogP contribution in [-0.2, 0) is 10.3 Å². The molecule has 3 rings (SSSR count). The molecule has 0 radical (unpaired) electrons. The average Bonchev–Trinajstić information content (AvgIpc) is 3.26. The van der Waals surface area contributed by atoms with Crippen molar-refractivity contribution in [3.05, 3.63) is 22.2 Å². The molecule has 1 N–H and O–H groups in total. The summed E-state index contributed by atoms with van der Waals surface area (Å²) in [5.41, 5.74) is 1.03. The predicted octanol–water partition coefficient (Wildman–Crippen LogP) is 4.46. The van der Waals surface area contributed by atoms with Gasteiger partial charge < -0.3 is 9.72 Å². The van der Waals surface area contributed by atoms with E-state index in [0.29, 0.717) is 10.6 Å². The Morgan fingerprint density at radius 1 is 1.35 bits per heavy atom. The van der Waals surface area contributed by atoms with Crippen molar-refractivity contribution in [3.8, 4) is 0 Å². The largest absolute Gasteiger partial charge is 0.367 e. The van der Waals surface area contributed by atoms with Gasteiger partial charge >= 0.3 is 0 Å². The normalized spacial score (nSPS) is 30.4. The minimum atomic E-state index is -0.236. The highest BCUT2D eigenvalue weighted by Crippen LogP contribution is 2.43. The molecule has 2 aliphatic carbocycles. The van der Waals surface area contributed by atoms with Gasteiger partial charge in [0.2, 0.25) is 0 Å². The van der Waals surface area contributed by atoms with Crippen LogP contribution >= 0.6 is 12.2 Å². The summed E-state index contributed by atoms with van der Waals surface area (Å²) in [7, 11) is 0. The van der Waals surface area contributed by atoms with Crippen molar-refractivity contribution in [2.45, 2.75) is 63.9 Å². The topological polar surface area (TPSA) is 37.9 Å². The predicted molar refractivity (Wildman–Crippen MR) is 82.3 cm³/mol. The van der Waals surface area contributed by atoms with Crippen molar-refractivity contribution in [1.82, 2.24) is 9.97 Å².